The Kier molecular flexibility index (Phi) is 8.72. The average molecular weight is 485 g/mol. The van der Waals surface area contributed by atoms with Gasteiger partial charge in [0.2, 0.25) is 17.7 Å². The second-order valence-electron chi connectivity index (χ2n) is 8.50. The predicted molar refractivity (Wildman–Crippen MR) is 130 cm³/mol. The number of aliphatic hydroxyl groups is 2. The molecule has 1 atom stereocenters. The number of anilines is 1. The number of carbonyl (C=O) groups is 1. The number of amides is 1. The first-order chi connectivity index (χ1) is 16.7. The summed E-state index contributed by atoms with van der Waals surface area (Å²) in [6, 6.07) is 5.78. The van der Waals surface area contributed by atoms with Crippen molar-refractivity contribution in [1.29, 1.82) is 0 Å². The molecular weight excluding hydrogens is 452 g/mol. The second-order valence-corrected chi connectivity index (χ2v) is 8.50. The molecule has 0 radical (unpaired) electrons. The number of nitrogens with one attached hydrogen (secondary N) is 2. The summed E-state index contributed by atoms with van der Waals surface area (Å²) in [5, 5.41) is 28.6. The lowest BCUT2D eigenvalue weighted by Gasteiger charge is -2.17. The lowest BCUT2D eigenvalue weighted by Crippen LogP contribution is -2.36. The molecule has 188 valence electrons. The Morgan fingerprint density at radius 2 is 1.94 bits per heavy atom. The minimum atomic E-state index is -0.916. The number of aryl methyl sites for hydroxylation is 3. The monoisotopic (exact) mass is 484 g/mol. The van der Waals surface area contributed by atoms with E-state index in [1.165, 1.54) is 0 Å². The Labute approximate surface area is 204 Å². The van der Waals surface area contributed by atoms with E-state index in [1.807, 2.05) is 46.8 Å². The minimum Gasteiger partial charge on any atom is -0.490 e. The van der Waals surface area contributed by atoms with Crippen LogP contribution < -0.4 is 15.4 Å². The third-order valence-electron chi connectivity index (χ3n) is 5.01. The Hall–Kier alpha value is -3.57. The molecule has 0 fully saturated rings. The van der Waals surface area contributed by atoms with Crippen LogP contribution in [0.15, 0.2) is 22.7 Å². The lowest BCUT2D eigenvalue weighted by molar-refractivity contribution is -0.124. The molecular formula is C24H32N6O5. The Morgan fingerprint density at radius 3 is 2.63 bits per heavy atom. The molecule has 2 heterocycles. The first-order valence-electron chi connectivity index (χ1n) is 11.5. The van der Waals surface area contributed by atoms with Crippen LogP contribution in [0, 0.1) is 13.8 Å². The van der Waals surface area contributed by atoms with E-state index in [0.717, 1.165) is 22.4 Å². The summed E-state index contributed by atoms with van der Waals surface area (Å²) in [7, 11) is 0. The van der Waals surface area contributed by atoms with Crippen molar-refractivity contribution in [3.63, 3.8) is 0 Å². The summed E-state index contributed by atoms with van der Waals surface area (Å²) in [5.41, 5.74) is 3.84. The van der Waals surface area contributed by atoms with Gasteiger partial charge >= 0.3 is 0 Å². The van der Waals surface area contributed by atoms with E-state index in [2.05, 4.69) is 30.7 Å². The Morgan fingerprint density at radius 1 is 1.17 bits per heavy atom. The van der Waals surface area contributed by atoms with Crippen LogP contribution in [0.1, 0.15) is 37.6 Å². The zero-order chi connectivity index (χ0) is 25.5. The molecule has 3 aromatic rings. The highest BCUT2D eigenvalue weighted by atomic mass is 16.5. The van der Waals surface area contributed by atoms with Gasteiger partial charge in [0.15, 0.2) is 0 Å². The molecule has 0 spiro atoms. The number of benzene rings is 1. The number of hydrogen-bond acceptors (Lipinski definition) is 10. The fraction of sp³-hybridized carbons (Fsp3) is 0.458. The van der Waals surface area contributed by atoms with E-state index < -0.39 is 18.6 Å². The molecule has 0 bridgehead atoms. The first kappa shape index (κ1) is 26.0. The van der Waals surface area contributed by atoms with Gasteiger partial charge < -0.3 is 30.1 Å². The van der Waals surface area contributed by atoms with Crippen LogP contribution in [0.3, 0.4) is 0 Å². The normalized spacial score (nSPS) is 12.0. The summed E-state index contributed by atoms with van der Waals surface area (Å²) >= 11 is 0. The SMILES string of the molecule is CCc1cc(-c2noc(-c3cc(C)nc(NC(C)C)n3)n2)cc(C)c1OCC(O)CNC(=O)CO. The van der Waals surface area contributed by atoms with Crippen molar-refractivity contribution in [3.05, 3.63) is 35.0 Å². The van der Waals surface area contributed by atoms with Gasteiger partial charge in [-0.25, -0.2) is 9.97 Å². The average Bonchev–Trinajstić information content (AvgIpc) is 3.31. The van der Waals surface area contributed by atoms with Crippen LogP contribution >= 0.6 is 0 Å². The smallest absolute Gasteiger partial charge is 0.277 e. The van der Waals surface area contributed by atoms with Crippen LogP contribution in [0.5, 0.6) is 5.75 Å². The second kappa shape index (κ2) is 11.7. The van der Waals surface area contributed by atoms with Crippen molar-refractivity contribution in [1.82, 2.24) is 25.4 Å². The molecule has 0 saturated heterocycles. The maximum absolute atomic E-state index is 11.1. The highest BCUT2D eigenvalue weighted by molar-refractivity contribution is 5.76. The largest absolute Gasteiger partial charge is 0.490 e. The van der Waals surface area contributed by atoms with Crippen LogP contribution in [-0.4, -0.2) is 68.1 Å². The van der Waals surface area contributed by atoms with Crippen molar-refractivity contribution < 1.29 is 24.3 Å². The highest BCUT2D eigenvalue weighted by Gasteiger charge is 2.18. The number of carbonyl (C=O) groups excluding carboxylic acids is 1. The molecule has 0 aliphatic rings. The maximum atomic E-state index is 11.1. The molecule has 0 aliphatic heterocycles. The summed E-state index contributed by atoms with van der Waals surface area (Å²) in [6.45, 7) is 9.14. The quantitative estimate of drug-likeness (QED) is 0.318. The zero-order valence-electron chi connectivity index (χ0n) is 20.6. The zero-order valence-corrected chi connectivity index (χ0v) is 20.6. The van der Waals surface area contributed by atoms with Crippen molar-refractivity contribution >= 4 is 11.9 Å². The number of aromatic nitrogens is 4. The van der Waals surface area contributed by atoms with Gasteiger partial charge in [0.05, 0.1) is 0 Å². The first-order valence-corrected chi connectivity index (χ1v) is 11.5. The van der Waals surface area contributed by atoms with Crippen molar-refractivity contribution in [2.24, 2.45) is 0 Å². The predicted octanol–water partition coefficient (Wildman–Crippen LogP) is 2.04. The van der Waals surface area contributed by atoms with Gasteiger partial charge in [-0.1, -0.05) is 12.1 Å². The van der Waals surface area contributed by atoms with Gasteiger partial charge in [-0.3, -0.25) is 4.79 Å². The van der Waals surface area contributed by atoms with E-state index in [4.69, 9.17) is 14.4 Å². The molecule has 1 unspecified atom stereocenters. The molecule has 1 aromatic carbocycles. The molecule has 35 heavy (non-hydrogen) atoms. The molecule has 4 N–H and O–H groups in total. The van der Waals surface area contributed by atoms with Crippen LogP contribution in [0.25, 0.3) is 23.0 Å². The fourth-order valence-electron chi connectivity index (χ4n) is 3.42. The van der Waals surface area contributed by atoms with Gasteiger partial charge in [-0.2, -0.15) is 4.98 Å². The van der Waals surface area contributed by atoms with Crippen LogP contribution in [-0.2, 0) is 11.2 Å². The van der Waals surface area contributed by atoms with Crippen molar-refractivity contribution in [2.75, 3.05) is 25.1 Å². The number of ether oxygens (including phenoxy) is 1. The minimum absolute atomic E-state index is 0.00887. The lowest BCUT2D eigenvalue weighted by atomic mass is 10.0. The highest BCUT2D eigenvalue weighted by Crippen LogP contribution is 2.31. The van der Waals surface area contributed by atoms with E-state index in [0.29, 0.717) is 35.5 Å². The van der Waals surface area contributed by atoms with Crippen molar-refractivity contribution in [2.45, 2.75) is 53.2 Å². The molecule has 3 rings (SSSR count). The van der Waals surface area contributed by atoms with Gasteiger partial charge in [-0.15, -0.1) is 0 Å². The van der Waals surface area contributed by atoms with Gasteiger partial charge in [0.1, 0.15) is 30.8 Å². The number of rotatable bonds is 11. The summed E-state index contributed by atoms with van der Waals surface area (Å²) in [6.07, 6.45) is -0.234. The van der Waals surface area contributed by atoms with Crippen molar-refractivity contribution in [3.8, 4) is 28.7 Å². The Balaban J connectivity index is 1.79. The molecule has 0 aliphatic carbocycles. The standard InChI is InChI=1S/C24H32N6O5/c1-6-16-9-17(7-14(4)21(16)34-12-18(32)10-25-20(33)11-31)22-29-23(35-30-22)19-8-15(5)27-24(28-19)26-13(2)3/h7-9,13,18,31-32H,6,10-12H2,1-5H3,(H,25,33)(H,26,27,28). The molecule has 2 aromatic heterocycles. The molecule has 1 amide bonds. The number of nitrogens with zero attached hydrogens (tertiary/aromatic N) is 4. The third kappa shape index (κ3) is 6.96. The summed E-state index contributed by atoms with van der Waals surface area (Å²) < 4.78 is 11.4. The van der Waals surface area contributed by atoms with E-state index in [-0.39, 0.29) is 19.2 Å². The maximum Gasteiger partial charge on any atom is 0.277 e. The molecule has 11 heteroatoms. The third-order valence-corrected chi connectivity index (χ3v) is 5.01. The van der Waals surface area contributed by atoms with Gasteiger partial charge in [-0.05, 0) is 63.4 Å². The van der Waals surface area contributed by atoms with E-state index in [9.17, 15) is 9.90 Å². The van der Waals surface area contributed by atoms with Crippen LogP contribution in [0.2, 0.25) is 0 Å². The van der Waals surface area contributed by atoms with E-state index >= 15 is 0 Å². The van der Waals surface area contributed by atoms with Gasteiger partial charge in [0.25, 0.3) is 5.89 Å². The summed E-state index contributed by atoms with van der Waals surface area (Å²) in [4.78, 5) is 24.6. The number of aliphatic hydroxyl groups excluding tert-OH is 2. The Bertz CT molecular complexity index is 1160. The molecule has 0 saturated carbocycles. The fourth-order valence-corrected chi connectivity index (χ4v) is 3.42. The van der Waals surface area contributed by atoms with E-state index in [1.54, 1.807) is 6.07 Å². The summed E-state index contributed by atoms with van der Waals surface area (Å²) in [5.74, 6) is 1.32. The van der Waals surface area contributed by atoms with Crippen LogP contribution in [0.4, 0.5) is 5.95 Å². The van der Waals surface area contributed by atoms with Gasteiger partial charge in [0, 0.05) is 23.8 Å². The molecule has 11 nitrogen and oxygen atoms in total. The topological polar surface area (TPSA) is 156 Å². The number of hydrogen-bond donors (Lipinski definition) is 4.